The number of hydrogen-bond donors (Lipinski definition) is 1. The Kier molecular flexibility index (Phi) is 8.16. The second-order valence-electron chi connectivity index (χ2n) is 4.69. The fourth-order valence-electron chi connectivity index (χ4n) is 2.09. The van der Waals surface area contributed by atoms with Crippen molar-refractivity contribution < 1.29 is 0 Å². The van der Waals surface area contributed by atoms with Gasteiger partial charge in [0.25, 0.3) is 0 Å². The summed E-state index contributed by atoms with van der Waals surface area (Å²) in [6.45, 7) is 3.20. The molecule has 1 rings (SSSR count). The Morgan fingerprint density at radius 2 is 1.89 bits per heavy atom. The van der Waals surface area contributed by atoms with E-state index >= 15 is 0 Å². The van der Waals surface area contributed by atoms with Gasteiger partial charge in [-0.3, -0.25) is 0 Å². The lowest BCUT2D eigenvalue weighted by molar-refractivity contribution is 0.617. The van der Waals surface area contributed by atoms with Crippen molar-refractivity contribution in [1.82, 2.24) is 0 Å². The third-order valence-corrected chi connectivity index (χ3v) is 3.98. The van der Waals surface area contributed by atoms with Crippen LogP contribution < -0.4 is 5.32 Å². The molecule has 1 aromatic carbocycles. The van der Waals surface area contributed by atoms with Crippen LogP contribution in [0.2, 0.25) is 0 Å². The minimum Gasteiger partial charge on any atom is -0.384 e. The number of thioether (sulfide) groups is 1. The highest BCUT2D eigenvalue weighted by Gasteiger charge is 2.06. The third-order valence-electron chi connectivity index (χ3n) is 3.20. The van der Waals surface area contributed by atoms with Crippen molar-refractivity contribution in [2.75, 3.05) is 18.1 Å². The summed E-state index contributed by atoms with van der Waals surface area (Å²) in [5.41, 5.74) is 1.75. The predicted octanol–water partition coefficient (Wildman–Crippen LogP) is 5.05. The molecule has 0 aliphatic heterocycles. The van der Waals surface area contributed by atoms with Crippen molar-refractivity contribution in [3.05, 3.63) is 23.8 Å². The molecule has 1 aromatic rings. The van der Waals surface area contributed by atoms with Crippen molar-refractivity contribution in [2.24, 2.45) is 0 Å². The first-order valence-electron chi connectivity index (χ1n) is 7.14. The van der Waals surface area contributed by atoms with Gasteiger partial charge in [-0.15, -0.1) is 11.8 Å². The van der Waals surface area contributed by atoms with Crippen LogP contribution >= 0.6 is 11.8 Å². The van der Waals surface area contributed by atoms with Gasteiger partial charge in [-0.25, -0.2) is 0 Å². The largest absolute Gasteiger partial charge is 0.384 e. The second kappa shape index (κ2) is 9.75. The standard InChI is InChI=1S/C16H24N2S/c1-3-4-5-6-7-8-12-18-15-10-9-11-16(19-2)14(15)13-17/h9-11,18H,3-8,12H2,1-2H3. The van der Waals surface area contributed by atoms with E-state index in [4.69, 9.17) is 0 Å². The number of rotatable bonds is 9. The lowest BCUT2D eigenvalue weighted by atomic mass is 10.1. The van der Waals surface area contributed by atoms with Gasteiger partial charge >= 0.3 is 0 Å². The van der Waals surface area contributed by atoms with Gasteiger partial charge in [0.2, 0.25) is 0 Å². The average Bonchev–Trinajstić information content (AvgIpc) is 2.45. The summed E-state index contributed by atoms with van der Waals surface area (Å²) in [6, 6.07) is 8.31. The lowest BCUT2D eigenvalue weighted by Gasteiger charge is -2.10. The molecule has 0 aliphatic rings. The molecule has 0 fully saturated rings. The van der Waals surface area contributed by atoms with E-state index < -0.39 is 0 Å². The Morgan fingerprint density at radius 3 is 2.58 bits per heavy atom. The molecule has 0 bridgehead atoms. The molecule has 0 aliphatic carbocycles. The van der Waals surface area contributed by atoms with Crippen molar-refractivity contribution in [2.45, 2.75) is 50.3 Å². The van der Waals surface area contributed by atoms with Crippen molar-refractivity contribution in [3.8, 4) is 6.07 Å². The van der Waals surface area contributed by atoms with Crippen molar-refractivity contribution >= 4 is 17.4 Å². The molecule has 0 spiro atoms. The molecule has 19 heavy (non-hydrogen) atoms. The summed E-state index contributed by atoms with van der Waals surface area (Å²) in [5, 5.41) is 12.6. The van der Waals surface area contributed by atoms with Crippen LogP contribution in [0, 0.1) is 11.3 Å². The molecule has 0 heterocycles. The second-order valence-corrected chi connectivity index (χ2v) is 5.54. The van der Waals surface area contributed by atoms with E-state index in [1.165, 1.54) is 38.5 Å². The van der Waals surface area contributed by atoms with Crippen LogP contribution in [-0.4, -0.2) is 12.8 Å². The van der Waals surface area contributed by atoms with E-state index in [0.29, 0.717) is 0 Å². The molecule has 0 saturated carbocycles. The maximum Gasteiger partial charge on any atom is 0.102 e. The molecule has 0 atom stereocenters. The average molecular weight is 276 g/mol. The smallest absolute Gasteiger partial charge is 0.102 e. The van der Waals surface area contributed by atoms with Crippen LogP contribution in [0.3, 0.4) is 0 Å². The van der Waals surface area contributed by atoms with E-state index in [1.807, 2.05) is 24.5 Å². The first-order chi connectivity index (χ1) is 9.33. The predicted molar refractivity (Wildman–Crippen MR) is 84.8 cm³/mol. The van der Waals surface area contributed by atoms with Gasteiger partial charge in [-0.2, -0.15) is 5.26 Å². The fraction of sp³-hybridized carbons (Fsp3) is 0.562. The first kappa shape index (κ1) is 15.9. The number of anilines is 1. The van der Waals surface area contributed by atoms with E-state index in [-0.39, 0.29) is 0 Å². The van der Waals surface area contributed by atoms with E-state index in [2.05, 4.69) is 18.3 Å². The number of hydrogen-bond acceptors (Lipinski definition) is 3. The number of nitriles is 1. The molecule has 104 valence electrons. The number of benzene rings is 1. The van der Waals surface area contributed by atoms with E-state index in [1.54, 1.807) is 11.8 Å². The molecule has 0 amide bonds. The summed E-state index contributed by atoms with van der Waals surface area (Å²) in [6.07, 6.45) is 9.78. The Balaban J connectivity index is 2.35. The van der Waals surface area contributed by atoms with Crippen LogP contribution in [0.5, 0.6) is 0 Å². The molecular formula is C16H24N2S. The highest BCUT2D eigenvalue weighted by molar-refractivity contribution is 7.98. The van der Waals surface area contributed by atoms with Gasteiger partial charge in [0.1, 0.15) is 6.07 Å². The molecule has 1 N–H and O–H groups in total. The minimum atomic E-state index is 0.779. The van der Waals surface area contributed by atoms with Gasteiger partial charge in [0, 0.05) is 11.4 Å². The van der Waals surface area contributed by atoms with Gasteiger partial charge in [0.05, 0.1) is 11.3 Å². The summed E-state index contributed by atoms with van der Waals surface area (Å²) in [7, 11) is 0. The number of nitrogens with one attached hydrogen (secondary N) is 1. The zero-order valence-electron chi connectivity index (χ0n) is 12.0. The Labute approximate surface area is 121 Å². The lowest BCUT2D eigenvalue weighted by Crippen LogP contribution is -2.03. The van der Waals surface area contributed by atoms with Crippen LogP contribution in [-0.2, 0) is 0 Å². The van der Waals surface area contributed by atoms with Crippen molar-refractivity contribution in [1.29, 1.82) is 5.26 Å². The van der Waals surface area contributed by atoms with Crippen LogP contribution in [0.15, 0.2) is 23.1 Å². The Bertz CT molecular complexity index is 410. The van der Waals surface area contributed by atoms with Gasteiger partial charge in [-0.1, -0.05) is 45.1 Å². The Hall–Kier alpha value is -1.14. The SMILES string of the molecule is CCCCCCCCNc1cccc(SC)c1C#N. The van der Waals surface area contributed by atoms with Gasteiger partial charge < -0.3 is 5.32 Å². The summed E-state index contributed by atoms with van der Waals surface area (Å²) >= 11 is 1.62. The molecular weight excluding hydrogens is 252 g/mol. The maximum atomic E-state index is 9.23. The summed E-state index contributed by atoms with van der Waals surface area (Å²) in [4.78, 5) is 1.05. The van der Waals surface area contributed by atoms with Gasteiger partial charge in [0.15, 0.2) is 0 Å². The Morgan fingerprint density at radius 1 is 1.16 bits per heavy atom. The minimum absolute atomic E-state index is 0.779. The van der Waals surface area contributed by atoms with Crippen LogP contribution in [0.25, 0.3) is 0 Å². The number of unbranched alkanes of at least 4 members (excludes halogenated alkanes) is 5. The fourth-order valence-corrected chi connectivity index (χ4v) is 2.67. The maximum absolute atomic E-state index is 9.23. The highest BCUT2D eigenvalue weighted by Crippen LogP contribution is 2.26. The molecule has 3 heteroatoms. The van der Waals surface area contributed by atoms with Crippen molar-refractivity contribution in [3.63, 3.8) is 0 Å². The third kappa shape index (κ3) is 5.57. The topological polar surface area (TPSA) is 35.8 Å². The molecule has 2 nitrogen and oxygen atoms in total. The van der Waals surface area contributed by atoms with Crippen LogP contribution in [0.4, 0.5) is 5.69 Å². The normalized spacial score (nSPS) is 10.2. The zero-order chi connectivity index (χ0) is 13.9. The van der Waals surface area contributed by atoms with Crippen LogP contribution in [0.1, 0.15) is 51.0 Å². The zero-order valence-corrected chi connectivity index (χ0v) is 12.9. The molecule has 0 saturated heterocycles. The highest BCUT2D eigenvalue weighted by atomic mass is 32.2. The molecule has 0 unspecified atom stereocenters. The van der Waals surface area contributed by atoms with E-state index in [9.17, 15) is 5.26 Å². The van der Waals surface area contributed by atoms with Gasteiger partial charge in [-0.05, 0) is 24.8 Å². The molecule has 0 radical (unpaired) electrons. The van der Waals surface area contributed by atoms with E-state index in [0.717, 1.165) is 22.7 Å². The summed E-state index contributed by atoms with van der Waals surface area (Å²) < 4.78 is 0. The number of nitrogens with zero attached hydrogens (tertiary/aromatic N) is 1. The quantitative estimate of drug-likeness (QED) is 0.506. The molecule has 0 aromatic heterocycles. The monoisotopic (exact) mass is 276 g/mol. The first-order valence-corrected chi connectivity index (χ1v) is 8.37. The summed E-state index contributed by atoms with van der Waals surface area (Å²) in [5.74, 6) is 0.